The number of amides is 2. The van der Waals surface area contributed by atoms with Crippen LogP contribution in [0.1, 0.15) is 44.7 Å². The van der Waals surface area contributed by atoms with E-state index in [1.165, 1.54) is 0 Å². The van der Waals surface area contributed by atoms with Crippen LogP contribution in [0.25, 0.3) is 0 Å². The standard InChI is InChI=1S/C16H23N3O2/c1-11(17)10-15(20)18-12(2)13-5-7-14(8-6-13)19-9-3-4-16(19)21/h5-8,11-12H,3-4,9-10,17H2,1-2H3,(H,18,20). The first kappa shape index (κ1) is 15.5. The fourth-order valence-electron chi connectivity index (χ4n) is 2.54. The molecule has 0 bridgehead atoms. The Morgan fingerprint density at radius 1 is 1.33 bits per heavy atom. The van der Waals surface area contributed by atoms with Gasteiger partial charge in [-0.15, -0.1) is 0 Å². The number of anilines is 1. The Morgan fingerprint density at radius 3 is 2.52 bits per heavy atom. The number of hydrogen-bond donors (Lipinski definition) is 2. The van der Waals surface area contributed by atoms with Gasteiger partial charge in [0.2, 0.25) is 11.8 Å². The van der Waals surface area contributed by atoms with Crippen LogP contribution >= 0.6 is 0 Å². The number of nitrogens with one attached hydrogen (secondary N) is 1. The lowest BCUT2D eigenvalue weighted by Crippen LogP contribution is -2.31. The Labute approximate surface area is 125 Å². The van der Waals surface area contributed by atoms with Gasteiger partial charge in [-0.25, -0.2) is 0 Å². The van der Waals surface area contributed by atoms with Crippen molar-refractivity contribution < 1.29 is 9.59 Å². The molecular weight excluding hydrogens is 266 g/mol. The Balaban J connectivity index is 1.98. The Hall–Kier alpha value is -1.88. The molecule has 1 aliphatic heterocycles. The molecule has 0 aliphatic carbocycles. The van der Waals surface area contributed by atoms with Gasteiger partial charge in [0.1, 0.15) is 0 Å². The number of carbonyl (C=O) groups excluding carboxylic acids is 2. The van der Waals surface area contributed by atoms with Crippen LogP contribution in [0, 0.1) is 0 Å². The molecule has 1 aliphatic rings. The molecule has 0 saturated carbocycles. The minimum Gasteiger partial charge on any atom is -0.350 e. The van der Waals surface area contributed by atoms with Crippen LogP contribution in [0.2, 0.25) is 0 Å². The molecule has 2 rings (SSSR count). The van der Waals surface area contributed by atoms with Crippen molar-refractivity contribution in [2.75, 3.05) is 11.4 Å². The number of rotatable bonds is 5. The molecule has 2 amide bonds. The van der Waals surface area contributed by atoms with Gasteiger partial charge in [-0.1, -0.05) is 12.1 Å². The number of hydrogen-bond acceptors (Lipinski definition) is 3. The second-order valence-electron chi connectivity index (χ2n) is 5.71. The molecule has 0 radical (unpaired) electrons. The van der Waals surface area contributed by atoms with Crippen LogP contribution < -0.4 is 16.0 Å². The van der Waals surface area contributed by atoms with E-state index in [-0.39, 0.29) is 23.9 Å². The van der Waals surface area contributed by atoms with Crippen LogP contribution in [0.5, 0.6) is 0 Å². The summed E-state index contributed by atoms with van der Waals surface area (Å²) in [4.78, 5) is 25.2. The highest BCUT2D eigenvalue weighted by Gasteiger charge is 2.21. The monoisotopic (exact) mass is 289 g/mol. The molecule has 2 unspecified atom stereocenters. The van der Waals surface area contributed by atoms with Gasteiger partial charge in [0.15, 0.2) is 0 Å². The maximum atomic E-state index is 11.7. The maximum Gasteiger partial charge on any atom is 0.227 e. The van der Waals surface area contributed by atoms with Crippen molar-refractivity contribution in [3.63, 3.8) is 0 Å². The largest absolute Gasteiger partial charge is 0.350 e. The molecule has 1 aromatic carbocycles. The van der Waals surface area contributed by atoms with Gasteiger partial charge in [-0.2, -0.15) is 0 Å². The average Bonchev–Trinajstić information content (AvgIpc) is 2.84. The third kappa shape index (κ3) is 4.04. The fraction of sp³-hybridized carbons (Fsp3) is 0.500. The summed E-state index contributed by atoms with van der Waals surface area (Å²) in [5.41, 5.74) is 7.56. The molecule has 1 heterocycles. The summed E-state index contributed by atoms with van der Waals surface area (Å²) in [6.07, 6.45) is 1.88. The first-order valence-electron chi connectivity index (χ1n) is 7.42. The molecule has 5 heteroatoms. The Kier molecular flexibility index (Phi) is 4.96. The third-order valence-electron chi connectivity index (χ3n) is 3.66. The van der Waals surface area contributed by atoms with E-state index in [1.54, 1.807) is 0 Å². The molecule has 3 N–H and O–H groups in total. The van der Waals surface area contributed by atoms with Crippen molar-refractivity contribution in [2.24, 2.45) is 5.73 Å². The van der Waals surface area contributed by atoms with E-state index in [1.807, 2.05) is 43.0 Å². The Bertz CT molecular complexity index is 511. The molecule has 21 heavy (non-hydrogen) atoms. The summed E-state index contributed by atoms with van der Waals surface area (Å²) in [5.74, 6) is 0.136. The van der Waals surface area contributed by atoms with E-state index in [2.05, 4.69) is 5.32 Å². The zero-order chi connectivity index (χ0) is 15.4. The van der Waals surface area contributed by atoms with Crippen LogP contribution in [-0.2, 0) is 9.59 Å². The van der Waals surface area contributed by atoms with Gasteiger partial charge in [0, 0.05) is 31.1 Å². The third-order valence-corrected chi connectivity index (χ3v) is 3.66. The molecule has 1 aromatic rings. The van der Waals surface area contributed by atoms with Crippen LogP contribution in [0.4, 0.5) is 5.69 Å². The van der Waals surface area contributed by atoms with Gasteiger partial charge in [-0.05, 0) is 38.0 Å². The number of nitrogens with two attached hydrogens (primary N) is 1. The van der Waals surface area contributed by atoms with Crippen molar-refractivity contribution in [1.82, 2.24) is 5.32 Å². The predicted molar refractivity (Wildman–Crippen MR) is 82.9 cm³/mol. The van der Waals surface area contributed by atoms with Gasteiger partial charge >= 0.3 is 0 Å². The van der Waals surface area contributed by atoms with E-state index >= 15 is 0 Å². The zero-order valence-electron chi connectivity index (χ0n) is 12.6. The molecule has 1 saturated heterocycles. The highest BCUT2D eigenvalue weighted by atomic mass is 16.2. The molecule has 114 valence electrons. The second-order valence-corrected chi connectivity index (χ2v) is 5.71. The first-order valence-corrected chi connectivity index (χ1v) is 7.42. The van der Waals surface area contributed by atoms with Crippen molar-refractivity contribution in [1.29, 1.82) is 0 Å². The summed E-state index contributed by atoms with van der Waals surface area (Å²) >= 11 is 0. The molecule has 0 spiro atoms. The minimum absolute atomic E-state index is 0.0451. The minimum atomic E-state index is -0.138. The molecule has 5 nitrogen and oxygen atoms in total. The summed E-state index contributed by atoms with van der Waals surface area (Å²) in [7, 11) is 0. The summed E-state index contributed by atoms with van der Waals surface area (Å²) in [6, 6.07) is 7.58. The first-order chi connectivity index (χ1) is 9.97. The summed E-state index contributed by atoms with van der Waals surface area (Å²) < 4.78 is 0. The van der Waals surface area contributed by atoms with Crippen LogP contribution in [-0.4, -0.2) is 24.4 Å². The van der Waals surface area contributed by atoms with Crippen molar-refractivity contribution >= 4 is 17.5 Å². The lowest BCUT2D eigenvalue weighted by atomic mass is 10.1. The normalized spacial score (nSPS) is 17.7. The van der Waals surface area contributed by atoms with Crippen LogP contribution in [0.3, 0.4) is 0 Å². The van der Waals surface area contributed by atoms with Crippen molar-refractivity contribution in [3.05, 3.63) is 29.8 Å². The number of carbonyl (C=O) groups is 2. The second kappa shape index (κ2) is 6.72. The van der Waals surface area contributed by atoms with E-state index in [9.17, 15) is 9.59 Å². The highest BCUT2D eigenvalue weighted by Crippen LogP contribution is 2.23. The fourth-order valence-corrected chi connectivity index (χ4v) is 2.54. The number of nitrogens with zero attached hydrogens (tertiary/aromatic N) is 1. The molecule has 2 atom stereocenters. The molecular formula is C16H23N3O2. The predicted octanol–water partition coefficient (Wildman–Crippen LogP) is 1.73. The van der Waals surface area contributed by atoms with E-state index in [0.29, 0.717) is 12.8 Å². The quantitative estimate of drug-likeness (QED) is 0.866. The van der Waals surface area contributed by atoms with Gasteiger partial charge in [-0.3, -0.25) is 9.59 Å². The summed E-state index contributed by atoms with van der Waals surface area (Å²) in [6.45, 7) is 4.54. The maximum absolute atomic E-state index is 11.7. The summed E-state index contributed by atoms with van der Waals surface area (Å²) in [5, 5.41) is 2.93. The van der Waals surface area contributed by atoms with Gasteiger partial charge < -0.3 is 16.0 Å². The smallest absolute Gasteiger partial charge is 0.227 e. The van der Waals surface area contributed by atoms with Crippen molar-refractivity contribution in [3.8, 4) is 0 Å². The van der Waals surface area contributed by atoms with Gasteiger partial charge in [0.05, 0.1) is 6.04 Å². The lowest BCUT2D eigenvalue weighted by Gasteiger charge is -2.18. The SMILES string of the molecule is CC(N)CC(=O)NC(C)c1ccc(N2CCCC2=O)cc1. The van der Waals surface area contributed by atoms with Crippen molar-refractivity contribution in [2.45, 2.75) is 45.2 Å². The van der Waals surface area contributed by atoms with E-state index < -0.39 is 0 Å². The van der Waals surface area contributed by atoms with E-state index in [0.717, 1.165) is 24.2 Å². The lowest BCUT2D eigenvalue weighted by molar-refractivity contribution is -0.122. The zero-order valence-corrected chi connectivity index (χ0v) is 12.6. The molecule has 1 fully saturated rings. The van der Waals surface area contributed by atoms with Crippen LogP contribution in [0.15, 0.2) is 24.3 Å². The number of benzene rings is 1. The highest BCUT2D eigenvalue weighted by molar-refractivity contribution is 5.95. The van der Waals surface area contributed by atoms with Gasteiger partial charge in [0.25, 0.3) is 0 Å². The van der Waals surface area contributed by atoms with E-state index in [4.69, 9.17) is 5.73 Å². The topological polar surface area (TPSA) is 75.4 Å². The Morgan fingerprint density at radius 2 is 2.00 bits per heavy atom. The average molecular weight is 289 g/mol. The molecule has 0 aromatic heterocycles.